The van der Waals surface area contributed by atoms with E-state index in [2.05, 4.69) is 5.32 Å². The van der Waals surface area contributed by atoms with Crippen LogP contribution in [0.5, 0.6) is 5.75 Å². The van der Waals surface area contributed by atoms with E-state index in [0.717, 1.165) is 25.7 Å². The third-order valence-electron chi connectivity index (χ3n) is 6.72. The van der Waals surface area contributed by atoms with E-state index in [1.165, 1.54) is 17.5 Å². The monoisotopic (exact) mass is 495 g/mol. The van der Waals surface area contributed by atoms with Crippen LogP contribution < -0.4 is 10.1 Å². The number of rotatable bonds is 9. The second kappa shape index (κ2) is 12.0. The molecule has 2 heterocycles. The van der Waals surface area contributed by atoms with Crippen LogP contribution in [-0.4, -0.2) is 82.5 Å². The number of sulfonamides is 1. The number of carbonyl (C=O) groups is 2. The predicted molar refractivity (Wildman–Crippen MR) is 128 cm³/mol. The molecule has 1 aromatic carbocycles. The molecule has 1 aromatic rings. The van der Waals surface area contributed by atoms with Gasteiger partial charge in [-0.2, -0.15) is 4.31 Å². The summed E-state index contributed by atoms with van der Waals surface area (Å²) >= 11 is 0. The van der Waals surface area contributed by atoms with Gasteiger partial charge in [-0.1, -0.05) is 6.42 Å². The fourth-order valence-corrected chi connectivity index (χ4v) is 6.55. The number of hydrogen-bond acceptors (Lipinski definition) is 6. The van der Waals surface area contributed by atoms with Crippen molar-refractivity contribution < 1.29 is 27.5 Å². The van der Waals surface area contributed by atoms with Crippen molar-refractivity contribution in [3.05, 3.63) is 23.8 Å². The smallest absolute Gasteiger partial charge is 0.253 e. The highest BCUT2D eigenvalue weighted by Crippen LogP contribution is 2.32. The van der Waals surface area contributed by atoms with E-state index in [1.807, 2.05) is 6.92 Å². The predicted octanol–water partition coefficient (Wildman–Crippen LogP) is 2.26. The molecule has 10 heteroatoms. The molecule has 0 aromatic heterocycles. The lowest BCUT2D eigenvalue weighted by molar-refractivity contribution is -0.126. The lowest BCUT2D eigenvalue weighted by Crippen LogP contribution is -2.43. The highest BCUT2D eigenvalue weighted by Gasteiger charge is 2.34. The maximum absolute atomic E-state index is 13.4. The zero-order valence-corrected chi connectivity index (χ0v) is 21.2. The molecule has 1 N–H and O–H groups in total. The summed E-state index contributed by atoms with van der Waals surface area (Å²) in [5.74, 6) is -0.112. The Morgan fingerprint density at radius 1 is 1.09 bits per heavy atom. The van der Waals surface area contributed by atoms with Gasteiger partial charge in [0.1, 0.15) is 10.6 Å². The molecular formula is C24H37N3O6S. The first-order valence-corrected chi connectivity index (χ1v) is 13.5. The molecule has 2 saturated heterocycles. The summed E-state index contributed by atoms with van der Waals surface area (Å²) in [6.07, 6.45) is 4.56. The Hall–Kier alpha value is -2.17. The molecule has 0 saturated carbocycles. The van der Waals surface area contributed by atoms with Crippen molar-refractivity contribution in [1.82, 2.24) is 14.5 Å². The fourth-order valence-electron chi connectivity index (χ4n) is 4.67. The van der Waals surface area contributed by atoms with Crippen LogP contribution in [0.4, 0.5) is 0 Å². The molecule has 2 fully saturated rings. The van der Waals surface area contributed by atoms with Gasteiger partial charge in [0.15, 0.2) is 0 Å². The zero-order chi connectivity index (χ0) is 24.7. The Labute approximate surface area is 202 Å². The van der Waals surface area contributed by atoms with Crippen molar-refractivity contribution in [1.29, 1.82) is 0 Å². The van der Waals surface area contributed by atoms with Crippen LogP contribution >= 0.6 is 0 Å². The van der Waals surface area contributed by atoms with Gasteiger partial charge in [-0.3, -0.25) is 9.59 Å². The van der Waals surface area contributed by atoms with E-state index < -0.39 is 10.0 Å². The van der Waals surface area contributed by atoms with Crippen LogP contribution in [0.15, 0.2) is 23.1 Å². The minimum Gasteiger partial charge on any atom is -0.495 e. The van der Waals surface area contributed by atoms with Gasteiger partial charge in [-0.05, 0) is 57.2 Å². The van der Waals surface area contributed by atoms with Crippen molar-refractivity contribution in [3.8, 4) is 5.75 Å². The summed E-state index contributed by atoms with van der Waals surface area (Å²) in [5.41, 5.74) is 0.312. The molecule has 1 unspecified atom stereocenters. The topological polar surface area (TPSA) is 105 Å². The van der Waals surface area contributed by atoms with Gasteiger partial charge in [0.25, 0.3) is 5.91 Å². The number of hydrogen-bond donors (Lipinski definition) is 1. The number of amides is 2. The molecule has 0 radical (unpaired) electrons. The van der Waals surface area contributed by atoms with Crippen LogP contribution in [0.3, 0.4) is 0 Å². The fraction of sp³-hybridized carbons (Fsp3) is 0.667. The molecule has 190 valence electrons. The van der Waals surface area contributed by atoms with Crippen LogP contribution in [0.25, 0.3) is 0 Å². The molecule has 0 aliphatic carbocycles. The average Bonchev–Trinajstić information content (AvgIpc) is 2.86. The van der Waals surface area contributed by atoms with Crippen molar-refractivity contribution in [3.63, 3.8) is 0 Å². The Balaban J connectivity index is 1.69. The van der Waals surface area contributed by atoms with E-state index in [4.69, 9.17) is 9.47 Å². The van der Waals surface area contributed by atoms with Gasteiger partial charge >= 0.3 is 0 Å². The SMILES string of the molecule is COCCCNC(=O)C1CCN(C(=O)c2ccc(OC)c(S(=O)(=O)N3CCCCC3C)c2)CC1. The maximum Gasteiger partial charge on any atom is 0.253 e. The molecule has 3 rings (SSSR count). The Bertz CT molecular complexity index is 959. The maximum atomic E-state index is 13.4. The number of benzene rings is 1. The molecular weight excluding hydrogens is 458 g/mol. The molecule has 2 amide bonds. The van der Waals surface area contributed by atoms with Gasteiger partial charge in [0.2, 0.25) is 15.9 Å². The highest BCUT2D eigenvalue weighted by atomic mass is 32.2. The highest BCUT2D eigenvalue weighted by molar-refractivity contribution is 7.89. The van der Waals surface area contributed by atoms with Gasteiger partial charge < -0.3 is 19.7 Å². The van der Waals surface area contributed by atoms with E-state index in [1.54, 1.807) is 24.1 Å². The largest absolute Gasteiger partial charge is 0.495 e. The Morgan fingerprint density at radius 2 is 1.82 bits per heavy atom. The molecule has 0 bridgehead atoms. The summed E-state index contributed by atoms with van der Waals surface area (Å²) in [5, 5.41) is 2.93. The quantitative estimate of drug-likeness (QED) is 0.527. The first-order valence-electron chi connectivity index (χ1n) is 12.1. The number of nitrogens with one attached hydrogen (secondary N) is 1. The Kier molecular flexibility index (Phi) is 9.32. The third kappa shape index (κ3) is 6.09. The first kappa shape index (κ1) is 26.4. The number of likely N-dealkylation sites (tertiary alicyclic amines) is 1. The lowest BCUT2D eigenvalue weighted by atomic mass is 9.95. The second-order valence-electron chi connectivity index (χ2n) is 9.03. The summed E-state index contributed by atoms with van der Waals surface area (Å²) in [6.45, 7) is 4.45. The van der Waals surface area contributed by atoms with E-state index in [-0.39, 0.29) is 34.4 Å². The number of piperidine rings is 2. The van der Waals surface area contributed by atoms with Crippen LogP contribution in [0, 0.1) is 5.92 Å². The summed E-state index contributed by atoms with van der Waals surface area (Å²) in [7, 11) is -0.738. The molecule has 2 aliphatic rings. The number of ether oxygens (including phenoxy) is 2. The van der Waals surface area contributed by atoms with Crippen molar-refractivity contribution >= 4 is 21.8 Å². The van der Waals surface area contributed by atoms with E-state index in [9.17, 15) is 18.0 Å². The number of carbonyl (C=O) groups excluding carboxylic acids is 2. The van der Waals surface area contributed by atoms with Crippen LogP contribution in [0.1, 0.15) is 55.8 Å². The first-order chi connectivity index (χ1) is 16.3. The van der Waals surface area contributed by atoms with Gasteiger partial charge in [-0.25, -0.2) is 8.42 Å². The second-order valence-corrected chi connectivity index (χ2v) is 10.9. The number of methoxy groups -OCH3 is 2. The zero-order valence-electron chi connectivity index (χ0n) is 20.4. The average molecular weight is 496 g/mol. The molecule has 34 heavy (non-hydrogen) atoms. The standard InChI is InChI=1S/C24H37N3O6S/c1-18-7-4-5-13-27(18)34(30,31)22-17-20(8-9-21(22)33-3)24(29)26-14-10-19(11-15-26)23(28)25-12-6-16-32-2/h8-9,17-19H,4-7,10-16H2,1-3H3,(H,25,28). The summed E-state index contributed by atoms with van der Waals surface area (Å²) in [4.78, 5) is 27.3. The van der Waals surface area contributed by atoms with Crippen LogP contribution in [-0.2, 0) is 19.6 Å². The molecule has 9 nitrogen and oxygen atoms in total. The molecule has 0 spiro atoms. The van der Waals surface area contributed by atoms with Crippen molar-refractivity contribution in [2.75, 3.05) is 47.0 Å². The molecule has 1 atom stereocenters. The van der Waals surface area contributed by atoms with Gasteiger partial charge in [-0.15, -0.1) is 0 Å². The Morgan fingerprint density at radius 3 is 2.47 bits per heavy atom. The summed E-state index contributed by atoms with van der Waals surface area (Å²) < 4.78 is 38.7. The molecule has 2 aliphatic heterocycles. The number of nitrogens with zero attached hydrogens (tertiary/aromatic N) is 2. The minimum atomic E-state index is -3.80. The lowest BCUT2D eigenvalue weighted by Gasteiger charge is -2.33. The third-order valence-corrected chi connectivity index (χ3v) is 8.75. The van der Waals surface area contributed by atoms with E-state index >= 15 is 0 Å². The summed E-state index contributed by atoms with van der Waals surface area (Å²) in [6, 6.07) is 4.50. The van der Waals surface area contributed by atoms with Crippen molar-refractivity contribution in [2.45, 2.75) is 56.4 Å². The van der Waals surface area contributed by atoms with E-state index in [0.29, 0.717) is 51.2 Å². The van der Waals surface area contributed by atoms with Gasteiger partial charge in [0, 0.05) is 57.4 Å². The van der Waals surface area contributed by atoms with Gasteiger partial charge in [0.05, 0.1) is 7.11 Å². The minimum absolute atomic E-state index is 0.0108. The van der Waals surface area contributed by atoms with Crippen molar-refractivity contribution in [2.24, 2.45) is 5.92 Å². The normalized spacial score (nSPS) is 20.2. The van der Waals surface area contributed by atoms with Crippen LogP contribution in [0.2, 0.25) is 0 Å².